The number of nitrogens with one attached hydrogen (secondary N) is 2. The Morgan fingerprint density at radius 1 is 1.00 bits per heavy atom. The summed E-state index contributed by atoms with van der Waals surface area (Å²) in [5, 5.41) is 6.82. The van der Waals surface area contributed by atoms with Crippen LogP contribution in [-0.2, 0) is 6.54 Å². The summed E-state index contributed by atoms with van der Waals surface area (Å²) >= 11 is 0. The molecule has 1 aromatic carbocycles. The van der Waals surface area contributed by atoms with Gasteiger partial charge in [0.05, 0.1) is 0 Å². The fourth-order valence-corrected chi connectivity index (χ4v) is 1.81. The molecule has 2 heteroatoms. The van der Waals surface area contributed by atoms with Crippen molar-refractivity contribution in [2.24, 2.45) is 0 Å². The smallest absolute Gasteiger partial charge is 0.0246 e. The third-order valence-corrected chi connectivity index (χ3v) is 3.51. The zero-order valence-corrected chi connectivity index (χ0v) is 12.1. The molecule has 0 saturated heterocycles. The largest absolute Gasteiger partial charge is 0.314 e. The zero-order chi connectivity index (χ0) is 13.1. The van der Waals surface area contributed by atoms with Gasteiger partial charge in [-0.2, -0.15) is 0 Å². The summed E-state index contributed by atoms with van der Waals surface area (Å²) in [6, 6.07) is 4.57. The lowest BCUT2D eigenvalue weighted by molar-refractivity contribution is 0.393. The standard InChI is InChI=1S/C15H26N2/c1-11-7-13(3)14(8-12(11)2)9-17-10-15(4,5)16-6/h7-8,16-17H,9-10H2,1-6H3. The van der Waals surface area contributed by atoms with E-state index >= 15 is 0 Å². The van der Waals surface area contributed by atoms with Crippen molar-refractivity contribution in [3.63, 3.8) is 0 Å². The first kappa shape index (κ1) is 14.2. The van der Waals surface area contributed by atoms with Crippen LogP contribution in [0.2, 0.25) is 0 Å². The highest BCUT2D eigenvalue weighted by Gasteiger charge is 2.13. The lowest BCUT2D eigenvalue weighted by Crippen LogP contribution is -2.45. The summed E-state index contributed by atoms with van der Waals surface area (Å²) in [6.45, 7) is 12.8. The first-order chi connectivity index (χ1) is 7.85. The molecule has 0 spiro atoms. The minimum atomic E-state index is 0.146. The van der Waals surface area contributed by atoms with Gasteiger partial charge in [-0.15, -0.1) is 0 Å². The quantitative estimate of drug-likeness (QED) is 0.818. The lowest BCUT2D eigenvalue weighted by atomic mass is 10.0. The third-order valence-electron chi connectivity index (χ3n) is 3.51. The summed E-state index contributed by atoms with van der Waals surface area (Å²) < 4.78 is 0. The number of aryl methyl sites for hydroxylation is 3. The van der Waals surface area contributed by atoms with Gasteiger partial charge >= 0.3 is 0 Å². The van der Waals surface area contributed by atoms with Crippen molar-refractivity contribution in [2.75, 3.05) is 13.6 Å². The van der Waals surface area contributed by atoms with E-state index in [1.54, 1.807) is 0 Å². The minimum absolute atomic E-state index is 0.146. The molecule has 0 radical (unpaired) electrons. The van der Waals surface area contributed by atoms with E-state index < -0.39 is 0 Å². The van der Waals surface area contributed by atoms with Crippen molar-refractivity contribution in [3.8, 4) is 0 Å². The molecule has 0 unspecified atom stereocenters. The molecule has 0 amide bonds. The van der Waals surface area contributed by atoms with E-state index in [9.17, 15) is 0 Å². The molecular formula is C15H26N2. The molecule has 17 heavy (non-hydrogen) atoms. The maximum absolute atomic E-state index is 3.52. The van der Waals surface area contributed by atoms with Gasteiger partial charge in [0.15, 0.2) is 0 Å². The molecule has 0 saturated carbocycles. The molecule has 0 aliphatic carbocycles. The maximum atomic E-state index is 3.52. The van der Waals surface area contributed by atoms with Gasteiger partial charge in [-0.05, 0) is 63.9 Å². The van der Waals surface area contributed by atoms with E-state index in [1.807, 2.05) is 7.05 Å². The second-order valence-electron chi connectivity index (χ2n) is 5.60. The average Bonchev–Trinajstić information content (AvgIpc) is 2.25. The highest BCUT2D eigenvalue weighted by Crippen LogP contribution is 2.15. The van der Waals surface area contributed by atoms with Crippen LogP contribution in [0, 0.1) is 20.8 Å². The minimum Gasteiger partial charge on any atom is -0.314 e. The molecular weight excluding hydrogens is 208 g/mol. The van der Waals surface area contributed by atoms with Gasteiger partial charge in [0.1, 0.15) is 0 Å². The summed E-state index contributed by atoms with van der Waals surface area (Å²) in [5.41, 5.74) is 5.68. The molecule has 1 aromatic rings. The van der Waals surface area contributed by atoms with Crippen LogP contribution in [0.3, 0.4) is 0 Å². The van der Waals surface area contributed by atoms with Crippen molar-refractivity contribution in [1.29, 1.82) is 0 Å². The predicted octanol–water partition coefficient (Wildman–Crippen LogP) is 2.70. The maximum Gasteiger partial charge on any atom is 0.0246 e. The van der Waals surface area contributed by atoms with Crippen molar-refractivity contribution < 1.29 is 0 Å². The number of hydrogen-bond acceptors (Lipinski definition) is 2. The molecule has 0 atom stereocenters. The van der Waals surface area contributed by atoms with Crippen molar-refractivity contribution in [2.45, 2.75) is 46.7 Å². The normalized spacial score (nSPS) is 11.9. The number of likely N-dealkylation sites (N-methyl/N-ethyl adjacent to an activating group) is 1. The molecule has 2 N–H and O–H groups in total. The van der Waals surface area contributed by atoms with Gasteiger partial charge in [-0.1, -0.05) is 12.1 Å². The Morgan fingerprint density at radius 2 is 1.59 bits per heavy atom. The van der Waals surface area contributed by atoms with Crippen LogP contribution in [0.15, 0.2) is 12.1 Å². The van der Waals surface area contributed by atoms with Crippen LogP contribution in [-0.4, -0.2) is 19.1 Å². The van der Waals surface area contributed by atoms with Gasteiger partial charge in [0.2, 0.25) is 0 Å². The molecule has 1 rings (SSSR count). The highest BCUT2D eigenvalue weighted by molar-refractivity contribution is 5.36. The average molecular weight is 234 g/mol. The Kier molecular flexibility index (Phi) is 4.72. The predicted molar refractivity (Wildman–Crippen MR) is 75.5 cm³/mol. The molecule has 0 aliphatic heterocycles. The van der Waals surface area contributed by atoms with Crippen molar-refractivity contribution in [3.05, 3.63) is 34.4 Å². The van der Waals surface area contributed by atoms with Crippen molar-refractivity contribution in [1.82, 2.24) is 10.6 Å². The first-order valence-corrected chi connectivity index (χ1v) is 6.32. The number of rotatable bonds is 5. The van der Waals surface area contributed by atoms with E-state index in [0.29, 0.717) is 0 Å². The molecule has 0 bridgehead atoms. The van der Waals surface area contributed by atoms with E-state index in [0.717, 1.165) is 13.1 Å². The van der Waals surface area contributed by atoms with Crippen LogP contribution in [0.4, 0.5) is 0 Å². The summed E-state index contributed by atoms with van der Waals surface area (Å²) in [4.78, 5) is 0. The monoisotopic (exact) mass is 234 g/mol. The van der Waals surface area contributed by atoms with Gasteiger partial charge in [0, 0.05) is 18.6 Å². The van der Waals surface area contributed by atoms with Gasteiger partial charge in [0.25, 0.3) is 0 Å². The highest BCUT2D eigenvalue weighted by atomic mass is 15.0. The zero-order valence-electron chi connectivity index (χ0n) is 12.1. The second kappa shape index (κ2) is 5.65. The Bertz CT molecular complexity index is 381. The molecule has 2 nitrogen and oxygen atoms in total. The Hall–Kier alpha value is -0.860. The first-order valence-electron chi connectivity index (χ1n) is 6.32. The van der Waals surface area contributed by atoms with Gasteiger partial charge < -0.3 is 10.6 Å². The fourth-order valence-electron chi connectivity index (χ4n) is 1.81. The molecule has 0 aliphatic rings. The molecule has 0 fully saturated rings. The Balaban J connectivity index is 2.61. The van der Waals surface area contributed by atoms with Crippen LogP contribution < -0.4 is 10.6 Å². The molecule has 0 aromatic heterocycles. The topological polar surface area (TPSA) is 24.1 Å². The van der Waals surface area contributed by atoms with E-state index in [1.165, 1.54) is 22.3 Å². The van der Waals surface area contributed by atoms with Crippen LogP contribution in [0.1, 0.15) is 36.1 Å². The number of benzene rings is 1. The fraction of sp³-hybridized carbons (Fsp3) is 0.600. The Labute approximate surface area is 106 Å². The van der Waals surface area contributed by atoms with Crippen LogP contribution in [0.5, 0.6) is 0 Å². The summed E-state index contributed by atoms with van der Waals surface area (Å²) in [7, 11) is 2.00. The SMILES string of the molecule is CNC(C)(C)CNCc1cc(C)c(C)cc1C. The van der Waals surface area contributed by atoms with Gasteiger partial charge in [-0.3, -0.25) is 0 Å². The van der Waals surface area contributed by atoms with Gasteiger partial charge in [-0.25, -0.2) is 0 Å². The van der Waals surface area contributed by atoms with Crippen LogP contribution in [0.25, 0.3) is 0 Å². The molecule has 96 valence electrons. The summed E-state index contributed by atoms with van der Waals surface area (Å²) in [6.07, 6.45) is 0. The van der Waals surface area contributed by atoms with E-state index in [4.69, 9.17) is 0 Å². The van der Waals surface area contributed by atoms with Crippen LogP contribution >= 0.6 is 0 Å². The number of hydrogen-bond donors (Lipinski definition) is 2. The third kappa shape index (κ3) is 4.14. The van der Waals surface area contributed by atoms with E-state index in [-0.39, 0.29) is 5.54 Å². The Morgan fingerprint density at radius 3 is 2.18 bits per heavy atom. The molecule has 0 heterocycles. The van der Waals surface area contributed by atoms with Crippen molar-refractivity contribution >= 4 is 0 Å². The second-order valence-corrected chi connectivity index (χ2v) is 5.60. The lowest BCUT2D eigenvalue weighted by Gasteiger charge is -2.24. The summed E-state index contributed by atoms with van der Waals surface area (Å²) in [5.74, 6) is 0. The van der Waals surface area contributed by atoms with E-state index in [2.05, 4.69) is 57.4 Å².